The average Bonchev–Trinajstić information content (AvgIpc) is 3.18. The van der Waals surface area contributed by atoms with Gasteiger partial charge in [-0.25, -0.2) is 4.39 Å². The summed E-state index contributed by atoms with van der Waals surface area (Å²) in [5.74, 6) is 0.0726. The number of hydrogen-bond acceptors (Lipinski definition) is 3. The molecule has 0 radical (unpaired) electrons. The van der Waals surface area contributed by atoms with Crippen LogP contribution in [0, 0.1) is 17.2 Å². The van der Waals surface area contributed by atoms with Crippen molar-refractivity contribution in [2.75, 3.05) is 12.3 Å². The van der Waals surface area contributed by atoms with Crippen molar-refractivity contribution >= 4 is 33.0 Å². The van der Waals surface area contributed by atoms with Crippen molar-refractivity contribution in [2.24, 2.45) is 11.3 Å². The fraction of sp³-hybridized carbons (Fsp3) is 0.438. The van der Waals surface area contributed by atoms with Gasteiger partial charge in [0.05, 0.1) is 5.69 Å². The number of anilines is 1. The van der Waals surface area contributed by atoms with Crippen molar-refractivity contribution in [3.63, 3.8) is 0 Å². The quantitative estimate of drug-likeness (QED) is 0.903. The van der Waals surface area contributed by atoms with Crippen LogP contribution in [0.1, 0.15) is 36.4 Å². The molecule has 3 N–H and O–H groups in total. The molecule has 2 aromatic rings. The first-order valence-corrected chi connectivity index (χ1v) is 8.00. The van der Waals surface area contributed by atoms with E-state index in [0.29, 0.717) is 28.4 Å². The molecule has 1 fully saturated rings. The van der Waals surface area contributed by atoms with Crippen LogP contribution < -0.4 is 11.1 Å². The maximum atomic E-state index is 13.3. The van der Waals surface area contributed by atoms with Crippen LogP contribution in [0.15, 0.2) is 18.2 Å². The van der Waals surface area contributed by atoms with E-state index >= 15 is 0 Å². The van der Waals surface area contributed by atoms with E-state index in [1.807, 2.05) is 0 Å². The van der Waals surface area contributed by atoms with Gasteiger partial charge >= 0.3 is 0 Å². The van der Waals surface area contributed by atoms with Crippen LogP contribution in [0.25, 0.3) is 10.1 Å². The number of rotatable bonds is 4. The summed E-state index contributed by atoms with van der Waals surface area (Å²) < 4.78 is 14.1. The maximum Gasteiger partial charge on any atom is 0.263 e. The number of nitrogen functional groups attached to an aromatic ring is 1. The summed E-state index contributed by atoms with van der Waals surface area (Å²) >= 11 is 1.32. The molecule has 0 unspecified atom stereocenters. The normalized spacial score (nSPS) is 16.4. The smallest absolute Gasteiger partial charge is 0.263 e. The maximum absolute atomic E-state index is 13.3. The van der Waals surface area contributed by atoms with E-state index in [1.54, 1.807) is 6.07 Å². The molecule has 21 heavy (non-hydrogen) atoms. The fourth-order valence-corrected chi connectivity index (χ4v) is 3.73. The highest BCUT2D eigenvalue weighted by atomic mass is 32.1. The predicted octanol–water partition coefficient (Wildman–Crippen LogP) is 3.79. The summed E-state index contributed by atoms with van der Waals surface area (Å²) in [4.78, 5) is 12.8. The largest absolute Gasteiger partial charge is 0.397 e. The molecule has 1 amide bonds. The zero-order valence-electron chi connectivity index (χ0n) is 12.2. The summed E-state index contributed by atoms with van der Waals surface area (Å²) in [5.41, 5.74) is 6.64. The summed E-state index contributed by atoms with van der Waals surface area (Å²) in [5, 5.41) is 3.62. The molecule has 1 aliphatic rings. The molecule has 1 aliphatic carbocycles. The third kappa shape index (κ3) is 2.50. The van der Waals surface area contributed by atoms with Gasteiger partial charge in [-0.3, -0.25) is 4.79 Å². The van der Waals surface area contributed by atoms with Crippen molar-refractivity contribution in [3.05, 3.63) is 28.9 Å². The second kappa shape index (κ2) is 4.98. The van der Waals surface area contributed by atoms with Gasteiger partial charge in [0.1, 0.15) is 10.7 Å². The Balaban J connectivity index is 1.80. The number of nitrogens with one attached hydrogen (secondary N) is 1. The lowest BCUT2D eigenvalue weighted by Crippen LogP contribution is -2.32. The minimum absolute atomic E-state index is 0.152. The van der Waals surface area contributed by atoms with Gasteiger partial charge < -0.3 is 11.1 Å². The summed E-state index contributed by atoms with van der Waals surface area (Å²) in [6.07, 6.45) is 2.33. The van der Waals surface area contributed by atoms with Crippen LogP contribution in [-0.2, 0) is 0 Å². The van der Waals surface area contributed by atoms with Crippen LogP contribution in [-0.4, -0.2) is 12.5 Å². The molecule has 0 saturated heterocycles. The lowest BCUT2D eigenvalue weighted by atomic mass is 9.92. The molecule has 0 aliphatic heterocycles. The summed E-state index contributed by atoms with van der Waals surface area (Å²) in [6.45, 7) is 5.07. The number of fused-ring (bicyclic) bond motifs is 1. The topological polar surface area (TPSA) is 55.1 Å². The van der Waals surface area contributed by atoms with Gasteiger partial charge in [0.15, 0.2) is 0 Å². The van der Waals surface area contributed by atoms with Gasteiger partial charge in [-0.2, -0.15) is 0 Å². The van der Waals surface area contributed by atoms with E-state index in [1.165, 1.54) is 23.5 Å². The first-order valence-electron chi connectivity index (χ1n) is 7.19. The number of carbonyl (C=O) groups excluding carboxylic acids is 1. The third-order valence-electron chi connectivity index (χ3n) is 4.61. The van der Waals surface area contributed by atoms with E-state index in [2.05, 4.69) is 19.2 Å². The predicted molar refractivity (Wildman–Crippen MR) is 85.0 cm³/mol. The Hall–Kier alpha value is -1.62. The van der Waals surface area contributed by atoms with Gasteiger partial charge in [0.25, 0.3) is 5.91 Å². The van der Waals surface area contributed by atoms with Crippen LogP contribution in [0.4, 0.5) is 10.1 Å². The Kier molecular flexibility index (Phi) is 3.40. The van der Waals surface area contributed by atoms with Crippen molar-refractivity contribution in [3.8, 4) is 0 Å². The average molecular weight is 306 g/mol. The van der Waals surface area contributed by atoms with Gasteiger partial charge in [0.2, 0.25) is 0 Å². The number of halogens is 1. The highest BCUT2D eigenvalue weighted by Gasteiger charge is 2.45. The molecular formula is C16H19FN2OS. The first-order chi connectivity index (χ1) is 9.93. The molecular weight excluding hydrogens is 287 g/mol. The number of hydrogen-bond donors (Lipinski definition) is 2. The fourth-order valence-electron chi connectivity index (χ4n) is 2.71. The SMILES string of the molecule is CC(C)C1(CNC(=O)c2sc3ccc(F)cc3c2N)CC1. The molecule has 1 heterocycles. The molecule has 0 atom stereocenters. The standard InChI is InChI=1S/C16H19FN2OS/c1-9(2)16(5-6-16)8-19-15(20)14-13(18)11-7-10(17)3-4-12(11)21-14/h3-4,7,9H,5-6,8,18H2,1-2H3,(H,19,20). The van der Waals surface area contributed by atoms with Crippen LogP contribution in [0.3, 0.4) is 0 Å². The first kappa shape index (κ1) is 14.3. The highest BCUT2D eigenvalue weighted by molar-refractivity contribution is 7.21. The molecule has 1 aromatic heterocycles. The van der Waals surface area contributed by atoms with E-state index < -0.39 is 0 Å². The number of thiophene rings is 1. The highest BCUT2D eigenvalue weighted by Crippen LogP contribution is 2.51. The lowest BCUT2D eigenvalue weighted by molar-refractivity contribution is 0.0944. The second-order valence-corrected chi connectivity index (χ2v) is 7.24. The molecule has 5 heteroatoms. The Morgan fingerprint density at radius 2 is 2.19 bits per heavy atom. The van der Waals surface area contributed by atoms with E-state index in [-0.39, 0.29) is 17.1 Å². The number of benzene rings is 1. The zero-order chi connectivity index (χ0) is 15.2. The van der Waals surface area contributed by atoms with Crippen molar-refractivity contribution in [1.82, 2.24) is 5.32 Å². The van der Waals surface area contributed by atoms with Gasteiger partial charge in [-0.15, -0.1) is 11.3 Å². The lowest BCUT2D eigenvalue weighted by Gasteiger charge is -2.19. The molecule has 3 rings (SSSR count). The molecule has 3 nitrogen and oxygen atoms in total. The minimum atomic E-state index is -0.337. The second-order valence-electron chi connectivity index (χ2n) is 6.19. The Labute approximate surface area is 127 Å². The monoisotopic (exact) mass is 306 g/mol. The van der Waals surface area contributed by atoms with Crippen LogP contribution in [0.2, 0.25) is 0 Å². The third-order valence-corrected chi connectivity index (χ3v) is 5.80. The summed E-state index contributed by atoms with van der Waals surface area (Å²) in [6, 6.07) is 4.44. The van der Waals surface area contributed by atoms with Crippen LogP contribution in [0.5, 0.6) is 0 Å². The van der Waals surface area contributed by atoms with Crippen molar-refractivity contribution in [2.45, 2.75) is 26.7 Å². The van der Waals surface area contributed by atoms with Crippen molar-refractivity contribution < 1.29 is 9.18 Å². The molecule has 1 aromatic carbocycles. The zero-order valence-corrected chi connectivity index (χ0v) is 13.0. The number of amides is 1. The van der Waals surface area contributed by atoms with Gasteiger partial charge in [-0.1, -0.05) is 13.8 Å². The van der Waals surface area contributed by atoms with Crippen LogP contribution >= 0.6 is 11.3 Å². The molecule has 0 spiro atoms. The molecule has 112 valence electrons. The molecule has 1 saturated carbocycles. The van der Waals surface area contributed by atoms with E-state index in [0.717, 1.165) is 17.5 Å². The van der Waals surface area contributed by atoms with Crippen molar-refractivity contribution in [1.29, 1.82) is 0 Å². The minimum Gasteiger partial charge on any atom is -0.397 e. The van der Waals surface area contributed by atoms with Gasteiger partial charge in [-0.05, 0) is 42.4 Å². The number of nitrogens with two attached hydrogens (primary N) is 1. The van der Waals surface area contributed by atoms with E-state index in [4.69, 9.17) is 5.73 Å². The Morgan fingerprint density at radius 3 is 2.81 bits per heavy atom. The summed E-state index contributed by atoms with van der Waals surface area (Å²) in [7, 11) is 0. The Bertz CT molecular complexity index is 704. The van der Waals surface area contributed by atoms with E-state index in [9.17, 15) is 9.18 Å². The Morgan fingerprint density at radius 1 is 1.48 bits per heavy atom. The van der Waals surface area contributed by atoms with Gasteiger partial charge in [0, 0.05) is 16.6 Å². The molecule has 0 bridgehead atoms. The number of carbonyl (C=O) groups is 1.